The molecule has 1 saturated heterocycles. The van der Waals surface area contributed by atoms with Crippen molar-refractivity contribution in [3.05, 3.63) is 54.5 Å². The molecule has 17 nitrogen and oxygen atoms in total. The first-order valence-corrected chi connectivity index (χ1v) is 19.5. The van der Waals surface area contributed by atoms with Gasteiger partial charge in [0.2, 0.25) is 5.60 Å². The maximum atomic E-state index is 14.6. The largest absolute Gasteiger partial charge is 0.464 e. The van der Waals surface area contributed by atoms with E-state index in [0.29, 0.717) is 5.52 Å². The Morgan fingerprint density at radius 3 is 2.33 bits per heavy atom. The summed E-state index contributed by atoms with van der Waals surface area (Å²) < 4.78 is 51.6. The van der Waals surface area contributed by atoms with Crippen molar-refractivity contribution in [1.29, 1.82) is 5.26 Å². The molecule has 1 aromatic carbocycles. The van der Waals surface area contributed by atoms with E-state index in [4.69, 9.17) is 39.5 Å². The highest BCUT2D eigenvalue weighted by molar-refractivity contribution is 7.52. The molecule has 0 spiro atoms. The van der Waals surface area contributed by atoms with E-state index in [1.807, 2.05) is 6.07 Å². The molecule has 6 atom stereocenters. The Morgan fingerprint density at radius 2 is 1.69 bits per heavy atom. The average molecular weight is 770 g/mol. The molecule has 18 heteroatoms. The number of fused-ring (bicyclic) bond motifs is 1. The zero-order chi connectivity index (χ0) is 39.2. The fourth-order valence-corrected chi connectivity index (χ4v) is 7.64. The molecule has 1 saturated carbocycles. The minimum Gasteiger partial charge on any atom is -0.464 e. The molecule has 0 radical (unpaired) electrons. The molecule has 2 aromatic heterocycles. The lowest BCUT2D eigenvalue weighted by atomic mass is 9.87. The molecule has 2 aliphatic rings. The van der Waals surface area contributed by atoms with E-state index in [2.05, 4.69) is 15.2 Å². The number of aromatic nitrogens is 3. The Balaban J connectivity index is 1.48. The van der Waals surface area contributed by atoms with Gasteiger partial charge in [-0.05, 0) is 62.8 Å². The summed E-state index contributed by atoms with van der Waals surface area (Å²) in [5, 5.41) is 17.8. The van der Waals surface area contributed by atoms with Crippen LogP contribution in [-0.4, -0.2) is 75.6 Å². The monoisotopic (exact) mass is 769 g/mol. The predicted molar refractivity (Wildman–Crippen MR) is 193 cm³/mol. The highest BCUT2D eigenvalue weighted by Gasteiger charge is 2.62. The molecule has 3 heterocycles. The van der Waals surface area contributed by atoms with Crippen LogP contribution in [-0.2, 0) is 42.4 Å². The van der Waals surface area contributed by atoms with Crippen molar-refractivity contribution in [2.75, 3.05) is 18.9 Å². The molecule has 5 N–H and O–H groups in total. The lowest BCUT2D eigenvalue weighted by Crippen LogP contribution is -2.50. The van der Waals surface area contributed by atoms with Gasteiger partial charge in [0.25, 0.3) is 0 Å². The molecule has 5 rings (SSSR count). The van der Waals surface area contributed by atoms with Crippen LogP contribution in [0.5, 0.6) is 5.75 Å². The van der Waals surface area contributed by atoms with E-state index >= 15 is 0 Å². The second-order valence-corrected chi connectivity index (χ2v) is 15.9. The number of hydrogen-bond donors (Lipinski definition) is 3. The Morgan fingerprint density at radius 1 is 1.02 bits per heavy atom. The van der Waals surface area contributed by atoms with Crippen molar-refractivity contribution in [2.24, 2.45) is 23.5 Å². The average Bonchev–Trinajstić information content (AvgIpc) is 3.70. The van der Waals surface area contributed by atoms with Gasteiger partial charge in [0, 0.05) is 6.04 Å². The number of rotatable bonds is 15. The number of ether oxygens (including phenoxy) is 4. The Kier molecular flexibility index (Phi) is 13.0. The number of anilines is 1. The summed E-state index contributed by atoms with van der Waals surface area (Å²) in [6.07, 6.45) is 0.192. The number of nitrogens with two attached hydrogens (primary N) is 2. The molecule has 1 aliphatic carbocycles. The first kappa shape index (κ1) is 40.6. The van der Waals surface area contributed by atoms with Crippen molar-refractivity contribution in [3.8, 4) is 11.8 Å². The van der Waals surface area contributed by atoms with Crippen LogP contribution in [0.15, 0.2) is 48.8 Å². The smallest absolute Gasteiger partial charge is 0.459 e. The van der Waals surface area contributed by atoms with Crippen LogP contribution in [0, 0.1) is 29.1 Å². The second kappa shape index (κ2) is 17.3. The number of hydrogen-bond acceptors (Lipinski definition) is 15. The highest BCUT2D eigenvalue weighted by atomic mass is 31.2. The van der Waals surface area contributed by atoms with Crippen LogP contribution < -0.4 is 21.1 Å². The summed E-state index contributed by atoms with van der Waals surface area (Å²) in [4.78, 5) is 43.5. The molecule has 1 aliphatic heterocycles. The van der Waals surface area contributed by atoms with Gasteiger partial charge in [-0.3, -0.25) is 18.9 Å². The topological polar surface area (TPSA) is 242 Å². The number of nitriles is 1. The summed E-state index contributed by atoms with van der Waals surface area (Å²) in [5.74, 6) is -3.00. The third kappa shape index (κ3) is 9.37. The number of carbonyl (C=O) groups excluding carboxylic acids is 3. The molecule has 292 valence electrons. The van der Waals surface area contributed by atoms with Crippen LogP contribution in [0.2, 0.25) is 0 Å². The molecule has 2 fully saturated rings. The quantitative estimate of drug-likeness (QED) is 0.112. The van der Waals surface area contributed by atoms with E-state index in [1.54, 1.807) is 58.0 Å². The van der Waals surface area contributed by atoms with Gasteiger partial charge in [-0.25, -0.2) is 14.1 Å². The van der Waals surface area contributed by atoms with Crippen molar-refractivity contribution in [2.45, 2.75) is 96.3 Å². The molecule has 3 aromatic rings. The lowest BCUT2D eigenvalue weighted by Gasteiger charge is -2.31. The van der Waals surface area contributed by atoms with Gasteiger partial charge in [0.1, 0.15) is 42.4 Å². The van der Waals surface area contributed by atoms with E-state index in [1.165, 1.54) is 29.9 Å². The first-order valence-electron chi connectivity index (χ1n) is 17.9. The number of para-hydroxylation sites is 1. The minimum absolute atomic E-state index is 0.118. The molecule has 0 bridgehead atoms. The highest BCUT2D eigenvalue weighted by Crippen LogP contribution is 2.50. The van der Waals surface area contributed by atoms with Gasteiger partial charge in [-0.1, -0.05) is 45.9 Å². The van der Waals surface area contributed by atoms with E-state index in [9.17, 15) is 24.2 Å². The fourth-order valence-electron chi connectivity index (χ4n) is 6.12. The molecular weight excluding hydrogens is 721 g/mol. The number of esters is 3. The molecular formula is C36H48N7O10P. The minimum atomic E-state index is -4.58. The van der Waals surface area contributed by atoms with E-state index < -0.39 is 74.1 Å². The standard InChI is InChI=1S/C36H48N7O10P/c1-21(2)33(44)50-30-29(27-15-16-28-32(39)40-20-41-43(27)28)52-36(18-37,31(30)51-34(45)22(3)4)19-49-54(47,53-26-9-7-6-8-10-26)42-23(5)35(46)48-17-24-11-13-25(38)14-12-24/h6-10,15-16,20-25,29-31H,11-14,17,19,38H2,1-5H3,(H,42,47)(H2,39,40,41)/t23-,24-,25-,29-,30-,31-,36+,54-/m0/s1. The molecule has 0 unspecified atom stereocenters. The SMILES string of the molecule is CC(C)C(=O)O[C@H]1[C@H](c2ccc3c(N)ncnn23)O[C@](C#N)(CO[P@@](=O)(N[C@@H](C)C(=O)OC[C@H]2CC[C@H](N)CC2)Oc2ccccc2)[C@H]1OC(=O)C(C)C. The van der Waals surface area contributed by atoms with Crippen LogP contribution in [0.3, 0.4) is 0 Å². The van der Waals surface area contributed by atoms with Crippen molar-refractivity contribution in [1.82, 2.24) is 19.7 Å². The number of benzene rings is 1. The number of nitrogens with one attached hydrogen (secondary N) is 1. The van der Waals surface area contributed by atoms with Crippen LogP contribution in [0.1, 0.15) is 72.1 Å². The third-order valence-corrected chi connectivity index (χ3v) is 10.9. The molecule has 0 amide bonds. The van der Waals surface area contributed by atoms with Gasteiger partial charge in [-0.2, -0.15) is 15.4 Å². The van der Waals surface area contributed by atoms with Gasteiger partial charge in [-0.15, -0.1) is 0 Å². The number of nitrogens with zero attached hydrogens (tertiary/aromatic N) is 4. The first-order chi connectivity index (χ1) is 25.6. The Bertz CT molecular complexity index is 1880. The fraction of sp³-hybridized carbons (Fsp3) is 0.556. The van der Waals surface area contributed by atoms with Crippen molar-refractivity contribution >= 4 is 37.0 Å². The summed E-state index contributed by atoms with van der Waals surface area (Å²) in [5.41, 5.74) is 10.5. The zero-order valence-corrected chi connectivity index (χ0v) is 31.8. The van der Waals surface area contributed by atoms with Crippen molar-refractivity contribution in [3.63, 3.8) is 0 Å². The van der Waals surface area contributed by atoms with Gasteiger partial charge in [0.15, 0.2) is 18.0 Å². The maximum absolute atomic E-state index is 14.6. The summed E-state index contributed by atoms with van der Waals surface area (Å²) in [6.45, 7) is 7.15. The van der Waals surface area contributed by atoms with E-state index in [-0.39, 0.29) is 35.8 Å². The van der Waals surface area contributed by atoms with Crippen molar-refractivity contribution < 1.29 is 46.9 Å². The maximum Gasteiger partial charge on any atom is 0.459 e. The van der Waals surface area contributed by atoms with Gasteiger partial charge < -0.3 is 34.9 Å². The van der Waals surface area contributed by atoms with Crippen LogP contribution in [0.4, 0.5) is 5.82 Å². The lowest BCUT2D eigenvalue weighted by molar-refractivity contribution is -0.173. The normalized spacial score (nSPS) is 25.8. The second-order valence-electron chi connectivity index (χ2n) is 14.2. The molecule has 54 heavy (non-hydrogen) atoms. The zero-order valence-electron chi connectivity index (χ0n) is 31.0. The van der Waals surface area contributed by atoms with Gasteiger partial charge >= 0.3 is 25.7 Å². The predicted octanol–water partition coefficient (Wildman–Crippen LogP) is 4.02. The summed E-state index contributed by atoms with van der Waals surface area (Å²) >= 11 is 0. The van der Waals surface area contributed by atoms with Crippen LogP contribution >= 0.6 is 7.75 Å². The van der Waals surface area contributed by atoms with Gasteiger partial charge in [0.05, 0.1) is 24.1 Å². The number of nitrogen functional groups attached to an aromatic ring is 1. The summed E-state index contributed by atoms with van der Waals surface area (Å²) in [7, 11) is -4.58. The Hall–Kier alpha value is -4.59. The summed E-state index contributed by atoms with van der Waals surface area (Å²) in [6, 6.07) is 12.2. The van der Waals surface area contributed by atoms with E-state index in [0.717, 1.165) is 25.7 Å². The number of carbonyl (C=O) groups is 3. The van der Waals surface area contributed by atoms with Crippen LogP contribution in [0.25, 0.3) is 5.52 Å². The third-order valence-electron chi connectivity index (χ3n) is 9.30. The Labute approximate surface area is 313 Å².